The quantitative estimate of drug-likeness (QED) is 0.801. The average Bonchev–Trinajstić information content (AvgIpc) is 3.17. The van der Waals surface area contributed by atoms with Gasteiger partial charge in [0.05, 0.1) is 37.7 Å². The number of carbonyl (C=O) groups excluding carboxylic acids is 1. The molecule has 0 bridgehead atoms. The molecule has 0 aromatic carbocycles. The number of imidazole rings is 1. The van der Waals surface area contributed by atoms with Crippen molar-refractivity contribution in [3.8, 4) is 0 Å². The van der Waals surface area contributed by atoms with Crippen molar-refractivity contribution >= 4 is 5.91 Å². The van der Waals surface area contributed by atoms with Crippen LogP contribution in [-0.2, 0) is 18.3 Å². The smallest absolute Gasteiger partial charge is 0.255 e. The van der Waals surface area contributed by atoms with E-state index in [0.29, 0.717) is 31.9 Å². The lowest BCUT2D eigenvalue weighted by Crippen LogP contribution is -2.43. The van der Waals surface area contributed by atoms with Crippen molar-refractivity contribution in [3.05, 3.63) is 42.2 Å². The molecule has 8 nitrogen and oxygen atoms in total. The second-order valence-corrected chi connectivity index (χ2v) is 7.33. The van der Waals surface area contributed by atoms with Crippen molar-refractivity contribution in [1.82, 2.24) is 29.5 Å². The van der Waals surface area contributed by atoms with E-state index in [9.17, 15) is 4.79 Å². The Morgan fingerprint density at radius 1 is 1.27 bits per heavy atom. The van der Waals surface area contributed by atoms with E-state index < -0.39 is 0 Å². The summed E-state index contributed by atoms with van der Waals surface area (Å²) in [5, 5.41) is 7.58. The molecule has 0 radical (unpaired) electrons. The van der Waals surface area contributed by atoms with Crippen LogP contribution in [0.1, 0.15) is 22.6 Å². The predicted octanol–water partition coefficient (Wildman–Crippen LogP) is 0.575. The van der Waals surface area contributed by atoms with Crippen LogP contribution in [0.25, 0.3) is 0 Å². The van der Waals surface area contributed by atoms with Crippen LogP contribution < -0.4 is 0 Å². The van der Waals surface area contributed by atoms with E-state index in [1.165, 1.54) is 6.20 Å². The lowest BCUT2D eigenvalue weighted by atomic mass is 9.87. The number of aromatic nitrogens is 4. The van der Waals surface area contributed by atoms with Crippen molar-refractivity contribution in [2.45, 2.75) is 13.0 Å². The van der Waals surface area contributed by atoms with Gasteiger partial charge in [0.2, 0.25) is 0 Å². The van der Waals surface area contributed by atoms with Gasteiger partial charge in [-0.1, -0.05) is 0 Å². The van der Waals surface area contributed by atoms with Crippen LogP contribution in [0.4, 0.5) is 0 Å². The number of carbonyl (C=O) groups is 1. The maximum absolute atomic E-state index is 12.9. The third-order valence-corrected chi connectivity index (χ3v) is 5.36. The summed E-state index contributed by atoms with van der Waals surface area (Å²) in [6.45, 7) is 5.34. The number of amides is 1. The third-order valence-electron chi connectivity index (χ3n) is 5.36. The molecule has 138 valence electrons. The fraction of sp³-hybridized carbons (Fsp3) is 0.556. The molecule has 2 saturated heterocycles. The maximum Gasteiger partial charge on any atom is 0.255 e. The number of nitrogens with zero attached hydrogens (tertiary/aromatic N) is 6. The minimum Gasteiger partial charge on any atom is -0.379 e. The minimum atomic E-state index is -0.0161. The molecule has 1 amide bonds. The first-order valence-electron chi connectivity index (χ1n) is 8.98. The second-order valence-electron chi connectivity index (χ2n) is 7.33. The summed E-state index contributed by atoms with van der Waals surface area (Å²) in [4.78, 5) is 21.6. The van der Waals surface area contributed by atoms with E-state index in [2.05, 4.69) is 24.6 Å². The molecule has 4 rings (SSSR count). The summed E-state index contributed by atoms with van der Waals surface area (Å²) in [7, 11) is 2.02. The SMILES string of the molecule is Cn1ccnc1CN1CC[C@]2(COCCN(C(=O)c3ccnnc3)C2)C1. The summed E-state index contributed by atoms with van der Waals surface area (Å²) >= 11 is 0. The van der Waals surface area contributed by atoms with Gasteiger partial charge in [0.25, 0.3) is 5.91 Å². The highest BCUT2D eigenvalue weighted by atomic mass is 16.5. The summed E-state index contributed by atoms with van der Waals surface area (Å²) in [6, 6.07) is 1.72. The predicted molar refractivity (Wildman–Crippen MR) is 94.3 cm³/mol. The molecule has 0 unspecified atom stereocenters. The average molecular weight is 356 g/mol. The number of hydrogen-bond donors (Lipinski definition) is 0. The van der Waals surface area contributed by atoms with Gasteiger partial charge >= 0.3 is 0 Å². The largest absolute Gasteiger partial charge is 0.379 e. The van der Waals surface area contributed by atoms with Gasteiger partial charge in [0.1, 0.15) is 5.82 Å². The molecule has 4 heterocycles. The molecule has 0 aliphatic carbocycles. The van der Waals surface area contributed by atoms with Gasteiger partial charge in [-0.25, -0.2) is 4.98 Å². The summed E-state index contributed by atoms with van der Waals surface area (Å²) in [6.07, 6.45) is 7.91. The molecule has 0 N–H and O–H groups in total. The molecule has 2 aromatic rings. The van der Waals surface area contributed by atoms with E-state index in [1.54, 1.807) is 12.3 Å². The number of rotatable bonds is 3. The highest BCUT2D eigenvalue weighted by Crippen LogP contribution is 2.34. The minimum absolute atomic E-state index is 0.00678. The Kier molecular flexibility index (Phi) is 4.69. The van der Waals surface area contributed by atoms with Crippen molar-refractivity contribution in [3.63, 3.8) is 0 Å². The third kappa shape index (κ3) is 3.47. The van der Waals surface area contributed by atoms with Crippen molar-refractivity contribution in [2.75, 3.05) is 39.4 Å². The Morgan fingerprint density at radius 2 is 2.19 bits per heavy atom. The molecule has 2 aromatic heterocycles. The summed E-state index contributed by atoms with van der Waals surface area (Å²) in [5.74, 6) is 1.07. The van der Waals surface area contributed by atoms with Crippen LogP contribution in [0.2, 0.25) is 0 Å². The first-order chi connectivity index (χ1) is 12.7. The molecular weight excluding hydrogens is 332 g/mol. The van der Waals surface area contributed by atoms with Crippen LogP contribution in [0.3, 0.4) is 0 Å². The highest BCUT2D eigenvalue weighted by molar-refractivity contribution is 5.93. The molecule has 1 atom stereocenters. The Labute approximate surface area is 152 Å². The standard InChI is InChI=1S/C18H24N6O2/c1-22-7-5-19-16(22)11-23-6-3-18(12-23)13-24(8-9-26-14-18)17(25)15-2-4-20-21-10-15/h2,4-5,7,10H,3,6,8-9,11-14H2,1H3/t18-/m0/s1. The monoisotopic (exact) mass is 356 g/mol. The normalized spacial score (nSPS) is 24.1. The van der Waals surface area contributed by atoms with Gasteiger partial charge < -0.3 is 14.2 Å². The number of ether oxygens (including phenoxy) is 1. The second kappa shape index (κ2) is 7.13. The van der Waals surface area contributed by atoms with Gasteiger partial charge in [0, 0.05) is 44.5 Å². The van der Waals surface area contributed by atoms with Gasteiger partial charge in [-0.05, 0) is 19.0 Å². The van der Waals surface area contributed by atoms with Crippen molar-refractivity contribution in [2.24, 2.45) is 12.5 Å². The van der Waals surface area contributed by atoms with Crippen LogP contribution in [0, 0.1) is 5.41 Å². The maximum atomic E-state index is 12.9. The van der Waals surface area contributed by atoms with Gasteiger partial charge in [-0.2, -0.15) is 10.2 Å². The molecule has 2 fully saturated rings. The zero-order valence-corrected chi connectivity index (χ0v) is 15.0. The van der Waals surface area contributed by atoms with Gasteiger partial charge in [-0.3, -0.25) is 9.69 Å². The Balaban J connectivity index is 1.46. The summed E-state index contributed by atoms with van der Waals surface area (Å²) in [5.41, 5.74) is 0.567. The van der Waals surface area contributed by atoms with E-state index in [1.807, 2.05) is 24.3 Å². The van der Waals surface area contributed by atoms with Crippen molar-refractivity contribution < 1.29 is 9.53 Å². The zero-order chi connectivity index (χ0) is 18.0. The molecule has 2 aliphatic rings. The van der Waals surface area contributed by atoms with Crippen LogP contribution in [-0.4, -0.2) is 74.8 Å². The lowest BCUT2D eigenvalue weighted by molar-refractivity contribution is 0.0642. The Bertz CT molecular complexity index is 764. The lowest BCUT2D eigenvalue weighted by Gasteiger charge is -2.32. The van der Waals surface area contributed by atoms with E-state index >= 15 is 0 Å². The highest BCUT2D eigenvalue weighted by Gasteiger charge is 2.42. The number of likely N-dealkylation sites (tertiary alicyclic amines) is 1. The molecule has 26 heavy (non-hydrogen) atoms. The van der Waals surface area contributed by atoms with Crippen LogP contribution in [0.15, 0.2) is 30.9 Å². The molecule has 2 aliphatic heterocycles. The van der Waals surface area contributed by atoms with Gasteiger partial charge in [-0.15, -0.1) is 0 Å². The number of hydrogen-bond acceptors (Lipinski definition) is 6. The molecular formula is C18H24N6O2. The van der Waals surface area contributed by atoms with E-state index in [4.69, 9.17) is 4.74 Å². The van der Waals surface area contributed by atoms with E-state index in [-0.39, 0.29) is 11.3 Å². The molecule has 1 spiro atoms. The van der Waals surface area contributed by atoms with Gasteiger partial charge in [0.15, 0.2) is 0 Å². The summed E-state index contributed by atoms with van der Waals surface area (Å²) < 4.78 is 7.94. The number of aryl methyl sites for hydroxylation is 1. The molecule has 0 saturated carbocycles. The van der Waals surface area contributed by atoms with Crippen LogP contribution >= 0.6 is 0 Å². The van der Waals surface area contributed by atoms with Crippen molar-refractivity contribution in [1.29, 1.82) is 0 Å². The topological polar surface area (TPSA) is 76.4 Å². The fourth-order valence-electron chi connectivity index (χ4n) is 3.92. The first kappa shape index (κ1) is 17.1. The Morgan fingerprint density at radius 3 is 2.96 bits per heavy atom. The fourth-order valence-corrected chi connectivity index (χ4v) is 3.92. The Hall–Kier alpha value is -2.32. The van der Waals surface area contributed by atoms with Crippen LogP contribution in [0.5, 0.6) is 0 Å². The van der Waals surface area contributed by atoms with E-state index in [0.717, 1.165) is 31.9 Å². The molecule has 8 heteroatoms. The zero-order valence-electron chi connectivity index (χ0n) is 15.0. The first-order valence-corrected chi connectivity index (χ1v) is 8.98.